The molecule has 0 spiro atoms. The van der Waals surface area contributed by atoms with E-state index >= 15 is 0 Å². The molecule has 3 fully saturated rings. The molecule has 40 heavy (non-hydrogen) atoms. The molecule has 2 unspecified atom stereocenters. The van der Waals surface area contributed by atoms with Crippen LogP contribution in [0.3, 0.4) is 0 Å². The molecule has 0 aromatic carbocycles. The molecule has 1 aromatic rings. The number of hydrogen-bond acceptors (Lipinski definition) is 11. The number of carbonyl (C=O) groups is 4. The Hall–Kier alpha value is -3.90. The third kappa shape index (κ3) is 5.41. The highest BCUT2D eigenvalue weighted by Gasteiger charge is 2.54. The molecule has 4 aliphatic rings. The normalized spacial score (nSPS) is 24.3. The first-order valence-electron chi connectivity index (χ1n) is 12.8. The Morgan fingerprint density at radius 3 is 2.80 bits per heavy atom. The van der Waals surface area contributed by atoms with Crippen LogP contribution in [0.2, 0.25) is 0 Å². The minimum absolute atomic E-state index is 0.102. The minimum atomic E-state index is -1.30. The number of nitrogens with one attached hydrogen (secondary N) is 1. The molecule has 1 saturated carbocycles. The number of thiazole rings is 1. The molecule has 2 atom stereocenters. The number of carboxylic acids is 1. The lowest BCUT2D eigenvalue weighted by Gasteiger charge is -2.49. The van der Waals surface area contributed by atoms with Gasteiger partial charge in [-0.2, -0.15) is 5.26 Å². The van der Waals surface area contributed by atoms with Crippen LogP contribution in [0.5, 0.6) is 0 Å². The van der Waals surface area contributed by atoms with Crippen molar-refractivity contribution in [2.24, 2.45) is 5.16 Å². The highest BCUT2D eigenvalue weighted by atomic mass is 32.2. The summed E-state index contributed by atoms with van der Waals surface area (Å²) in [5.74, 6) is -2.57. The number of nitrogens with zero attached hydrogens (tertiary/aromatic N) is 5. The number of nitriles is 1. The Morgan fingerprint density at radius 2 is 2.12 bits per heavy atom. The third-order valence-corrected chi connectivity index (χ3v) is 9.09. The molecule has 13 nitrogen and oxygen atoms in total. The zero-order chi connectivity index (χ0) is 28.4. The van der Waals surface area contributed by atoms with Crippen molar-refractivity contribution in [1.82, 2.24) is 20.1 Å². The Bertz CT molecular complexity index is 1370. The number of oxime groups is 1. The van der Waals surface area contributed by atoms with Crippen LogP contribution in [0.25, 0.3) is 0 Å². The van der Waals surface area contributed by atoms with Crippen LogP contribution >= 0.6 is 23.1 Å². The minimum Gasteiger partial charge on any atom is -0.477 e. The van der Waals surface area contributed by atoms with Gasteiger partial charge >= 0.3 is 5.97 Å². The first-order valence-corrected chi connectivity index (χ1v) is 14.7. The van der Waals surface area contributed by atoms with Crippen molar-refractivity contribution in [3.8, 4) is 6.07 Å². The summed E-state index contributed by atoms with van der Waals surface area (Å²) >= 11 is 2.43. The Labute approximate surface area is 237 Å². The molecule has 0 radical (unpaired) electrons. The first-order chi connectivity index (χ1) is 19.3. The molecule has 15 heteroatoms. The van der Waals surface area contributed by atoms with E-state index in [2.05, 4.69) is 15.5 Å². The van der Waals surface area contributed by atoms with E-state index in [9.17, 15) is 24.3 Å². The highest BCUT2D eigenvalue weighted by Crippen LogP contribution is 2.41. The molecule has 4 N–H and O–H groups in total. The summed E-state index contributed by atoms with van der Waals surface area (Å²) in [6, 6.07) is 1.03. The van der Waals surface area contributed by atoms with Gasteiger partial charge in [-0.1, -0.05) is 5.16 Å². The average Bonchev–Trinajstić information content (AvgIpc) is 3.69. The number of nitrogens with two attached hydrogens (primary N) is 1. The maximum atomic E-state index is 13.3. The predicted molar refractivity (Wildman–Crippen MR) is 146 cm³/mol. The summed E-state index contributed by atoms with van der Waals surface area (Å²) in [6.07, 6.45) is 5.77. The second-order valence-electron chi connectivity index (χ2n) is 9.68. The molecule has 3 amide bonds. The van der Waals surface area contributed by atoms with Gasteiger partial charge in [0.2, 0.25) is 5.91 Å². The maximum Gasteiger partial charge on any atom is 0.352 e. The van der Waals surface area contributed by atoms with Gasteiger partial charge in [0, 0.05) is 29.8 Å². The van der Waals surface area contributed by atoms with Crippen molar-refractivity contribution >= 4 is 57.6 Å². The van der Waals surface area contributed by atoms with E-state index in [1.807, 2.05) is 6.07 Å². The van der Waals surface area contributed by atoms with E-state index in [0.29, 0.717) is 30.7 Å². The summed E-state index contributed by atoms with van der Waals surface area (Å²) in [4.78, 5) is 63.8. The fraction of sp³-hybridized carbons (Fsp3) is 0.480. The van der Waals surface area contributed by atoms with Crippen molar-refractivity contribution < 1.29 is 29.1 Å². The largest absolute Gasteiger partial charge is 0.477 e. The van der Waals surface area contributed by atoms with Crippen molar-refractivity contribution in [2.45, 2.75) is 56.0 Å². The monoisotopic (exact) mass is 585 g/mol. The predicted octanol–water partition coefficient (Wildman–Crippen LogP) is 1.20. The summed E-state index contributed by atoms with van der Waals surface area (Å²) in [5.41, 5.74) is 6.45. The Kier molecular flexibility index (Phi) is 8.08. The second-order valence-corrected chi connectivity index (χ2v) is 11.7. The number of rotatable bonds is 9. The number of amides is 3. The number of β-lactam (4-membered cyclic amide) rings is 1. The van der Waals surface area contributed by atoms with Crippen molar-refractivity contribution in [1.29, 1.82) is 5.26 Å². The number of carbonyl (C=O) groups excluding carboxylic acids is 3. The van der Waals surface area contributed by atoms with Crippen LogP contribution in [0, 0.1) is 11.3 Å². The molecule has 0 bridgehead atoms. The average molecular weight is 586 g/mol. The van der Waals surface area contributed by atoms with Crippen LogP contribution in [0.1, 0.15) is 44.2 Å². The fourth-order valence-electron chi connectivity index (χ4n) is 5.10. The van der Waals surface area contributed by atoms with Crippen LogP contribution in [0.4, 0.5) is 5.13 Å². The second kappa shape index (κ2) is 11.7. The topological polar surface area (TPSA) is 191 Å². The molecular weight excluding hydrogens is 558 g/mol. The van der Waals surface area contributed by atoms with E-state index in [4.69, 9.17) is 15.8 Å². The number of allylic oxidation sites excluding steroid dienone is 1. The summed E-state index contributed by atoms with van der Waals surface area (Å²) < 4.78 is 0. The highest BCUT2D eigenvalue weighted by molar-refractivity contribution is 8.00. The number of fused-ring (bicyclic) bond motifs is 1. The summed E-state index contributed by atoms with van der Waals surface area (Å²) in [5, 5.41) is 26.7. The number of thioether (sulfide) groups is 1. The van der Waals surface area contributed by atoms with Gasteiger partial charge in [0.1, 0.15) is 28.9 Å². The third-order valence-electron chi connectivity index (χ3n) is 7.12. The molecule has 5 rings (SSSR count). The van der Waals surface area contributed by atoms with Crippen LogP contribution in [0.15, 0.2) is 33.5 Å². The number of likely N-dealkylation sites (tertiary alicyclic amines) is 1. The van der Waals surface area contributed by atoms with Gasteiger partial charge < -0.3 is 25.9 Å². The molecule has 1 aliphatic carbocycles. The van der Waals surface area contributed by atoms with Crippen molar-refractivity contribution in [3.05, 3.63) is 34.0 Å². The molecular formula is C25H27N7O6S2. The lowest BCUT2D eigenvalue weighted by Crippen LogP contribution is -2.71. The van der Waals surface area contributed by atoms with Crippen molar-refractivity contribution in [3.63, 3.8) is 0 Å². The van der Waals surface area contributed by atoms with Crippen molar-refractivity contribution in [2.75, 3.05) is 24.6 Å². The smallest absolute Gasteiger partial charge is 0.352 e. The van der Waals surface area contributed by atoms with E-state index in [1.165, 1.54) is 11.8 Å². The van der Waals surface area contributed by atoms with Gasteiger partial charge in [0.05, 0.1) is 12.5 Å². The number of anilines is 1. The molecule has 1 aromatic heterocycles. The van der Waals surface area contributed by atoms with E-state index in [0.717, 1.165) is 41.9 Å². The lowest BCUT2D eigenvalue weighted by atomic mass is 10.0. The van der Waals surface area contributed by atoms with Crippen LogP contribution < -0.4 is 11.1 Å². The SMILES string of the molecule is N#CCCN1CCC(=CC2=C(C(=O)O)N3C(=O)C(NC(=O)/C(=N\OC4CCCC4)c4csc(N)n4)C3SC2)C1=O. The van der Waals surface area contributed by atoms with Gasteiger partial charge in [0.15, 0.2) is 10.8 Å². The van der Waals surface area contributed by atoms with Gasteiger partial charge in [0.25, 0.3) is 11.8 Å². The van der Waals surface area contributed by atoms with E-state index < -0.39 is 29.2 Å². The zero-order valence-corrected chi connectivity index (χ0v) is 23.0. The maximum absolute atomic E-state index is 13.3. The number of aliphatic carboxylic acids is 1. The Balaban J connectivity index is 1.32. The number of nitrogen functional groups attached to an aromatic ring is 1. The van der Waals surface area contributed by atoms with Crippen LogP contribution in [-0.4, -0.2) is 85.7 Å². The lowest BCUT2D eigenvalue weighted by molar-refractivity contribution is -0.150. The van der Waals surface area contributed by atoms with Gasteiger partial charge in [-0.3, -0.25) is 19.3 Å². The van der Waals surface area contributed by atoms with Gasteiger partial charge in [-0.05, 0) is 43.8 Å². The molecule has 2 saturated heterocycles. The van der Waals surface area contributed by atoms with Gasteiger partial charge in [-0.25, -0.2) is 9.78 Å². The Morgan fingerprint density at radius 1 is 1.35 bits per heavy atom. The number of carboxylic acid groups (broad SMARTS) is 1. The first kappa shape index (κ1) is 27.7. The zero-order valence-electron chi connectivity index (χ0n) is 21.4. The molecule has 4 heterocycles. The van der Waals surface area contributed by atoms with E-state index in [1.54, 1.807) is 16.4 Å². The summed E-state index contributed by atoms with van der Waals surface area (Å²) in [7, 11) is 0. The molecule has 210 valence electrons. The standard InChI is InChI=1S/C25H27N7O6S2/c26-7-3-8-31-9-6-13(21(31)34)10-14-11-39-23-18(22(35)32(23)19(14)24(36)37)29-20(33)17(16-12-40-25(27)28-16)30-38-15-4-1-2-5-15/h10,12,15,18,23H,1-6,8-9,11H2,(H2,27,28)(H,29,33)(H,36,37)/b13-10?,30-17-. The number of aromatic nitrogens is 1. The number of hydrogen-bond donors (Lipinski definition) is 3. The molecule has 3 aliphatic heterocycles. The van der Waals surface area contributed by atoms with E-state index in [-0.39, 0.29) is 46.4 Å². The fourth-order valence-corrected chi connectivity index (χ4v) is 6.95. The van der Waals surface area contributed by atoms with Crippen LogP contribution in [-0.2, 0) is 24.0 Å². The quantitative estimate of drug-likeness (QED) is 0.164. The summed E-state index contributed by atoms with van der Waals surface area (Å²) in [6.45, 7) is 0.762. The van der Waals surface area contributed by atoms with Gasteiger partial charge in [-0.15, -0.1) is 23.1 Å².